The molecule has 1 aliphatic heterocycles. The summed E-state index contributed by atoms with van der Waals surface area (Å²) in [4.78, 5) is 1.92. The minimum atomic E-state index is -0.0974. The van der Waals surface area contributed by atoms with Gasteiger partial charge in [-0.05, 0) is 23.3 Å². The summed E-state index contributed by atoms with van der Waals surface area (Å²) in [6.45, 7) is 0.233. The molecular weight excluding hydrogens is 276 g/mol. The number of rotatable bonds is 3. The van der Waals surface area contributed by atoms with E-state index in [-0.39, 0.29) is 18.1 Å². The van der Waals surface area contributed by atoms with E-state index < -0.39 is 0 Å². The Morgan fingerprint density at radius 2 is 1.68 bits per heavy atom. The number of nitrogens with one attached hydrogen (secondary N) is 1. The Labute approximate surface area is 129 Å². The molecule has 3 rings (SSSR count). The lowest BCUT2D eigenvalue weighted by Gasteiger charge is -2.30. The van der Waals surface area contributed by atoms with Gasteiger partial charge in [0, 0.05) is 18.8 Å². The van der Waals surface area contributed by atoms with Gasteiger partial charge in [0.2, 0.25) is 0 Å². The summed E-state index contributed by atoms with van der Waals surface area (Å²) >= 11 is 0. The van der Waals surface area contributed by atoms with Crippen molar-refractivity contribution in [2.75, 3.05) is 18.5 Å². The molecule has 1 aliphatic rings. The molecule has 1 heterocycles. The predicted octanol–water partition coefficient (Wildman–Crippen LogP) is 3.56. The topological polar surface area (TPSA) is 55.7 Å². The van der Waals surface area contributed by atoms with Crippen LogP contribution in [0.25, 0.3) is 11.1 Å². The Morgan fingerprint density at radius 3 is 2.41 bits per heavy atom. The quantitative estimate of drug-likeness (QED) is 0.810. The highest BCUT2D eigenvalue weighted by molar-refractivity contribution is 5.70. The molecule has 0 spiro atoms. The van der Waals surface area contributed by atoms with Gasteiger partial charge < -0.3 is 20.4 Å². The molecule has 0 atom stereocenters. The molecule has 0 bridgehead atoms. The Kier molecular flexibility index (Phi) is 3.74. The molecule has 0 radical (unpaired) electrons. The van der Waals surface area contributed by atoms with E-state index in [9.17, 15) is 10.2 Å². The normalized spacial score (nSPS) is 14.8. The average molecular weight is 294 g/mol. The molecule has 0 saturated carbocycles. The Balaban J connectivity index is 1.98. The average Bonchev–Trinajstić information content (AvgIpc) is 2.58. The molecule has 2 aromatic carbocycles. The summed E-state index contributed by atoms with van der Waals surface area (Å²) in [6.07, 6.45) is 1.52. The fourth-order valence-corrected chi connectivity index (χ4v) is 2.53. The fourth-order valence-electron chi connectivity index (χ4n) is 2.53. The molecule has 4 nitrogen and oxygen atoms in total. The monoisotopic (exact) mass is 294 g/mol. The van der Waals surface area contributed by atoms with Crippen molar-refractivity contribution < 1.29 is 10.2 Å². The number of aliphatic hydroxyl groups is 2. The number of hydrogen-bond acceptors (Lipinski definition) is 4. The maximum atomic E-state index is 9.82. The van der Waals surface area contributed by atoms with Crippen LogP contribution in [0.3, 0.4) is 0 Å². The van der Waals surface area contributed by atoms with Crippen LogP contribution < -0.4 is 10.2 Å². The molecule has 0 amide bonds. The van der Waals surface area contributed by atoms with E-state index in [0.29, 0.717) is 0 Å². The number of anilines is 1. The van der Waals surface area contributed by atoms with Crippen LogP contribution in [0, 0.1) is 0 Å². The Bertz CT molecular complexity index is 736. The van der Waals surface area contributed by atoms with Gasteiger partial charge in [-0.2, -0.15) is 0 Å². The number of nitrogens with zero attached hydrogens (tertiary/aromatic N) is 1. The third-order valence-corrected chi connectivity index (χ3v) is 3.69. The highest BCUT2D eigenvalue weighted by Crippen LogP contribution is 2.28. The van der Waals surface area contributed by atoms with Crippen molar-refractivity contribution in [3.63, 3.8) is 0 Å². The van der Waals surface area contributed by atoms with Crippen LogP contribution in [0.2, 0.25) is 0 Å². The zero-order chi connectivity index (χ0) is 15.5. The minimum absolute atomic E-state index is 0.0379. The lowest BCUT2D eigenvalue weighted by Crippen LogP contribution is -2.34. The molecule has 3 N–H and O–H groups in total. The van der Waals surface area contributed by atoms with E-state index in [1.54, 1.807) is 7.05 Å². The van der Waals surface area contributed by atoms with Crippen molar-refractivity contribution in [1.29, 1.82) is 0 Å². The SMILES string of the molecule is CNC1=CC(O)=C(O)CN1c1cccc(-c2ccccc2)c1. The lowest BCUT2D eigenvalue weighted by molar-refractivity contribution is 0.325. The van der Waals surface area contributed by atoms with Crippen LogP contribution in [0.1, 0.15) is 0 Å². The van der Waals surface area contributed by atoms with Crippen molar-refractivity contribution in [3.05, 3.63) is 78.0 Å². The smallest absolute Gasteiger partial charge is 0.158 e. The van der Waals surface area contributed by atoms with E-state index in [0.717, 1.165) is 22.6 Å². The van der Waals surface area contributed by atoms with Crippen LogP contribution in [-0.4, -0.2) is 23.8 Å². The van der Waals surface area contributed by atoms with E-state index >= 15 is 0 Å². The van der Waals surface area contributed by atoms with Gasteiger partial charge in [0.1, 0.15) is 5.82 Å². The molecule has 22 heavy (non-hydrogen) atoms. The fraction of sp³-hybridized carbons (Fsp3) is 0.111. The third kappa shape index (κ3) is 2.63. The minimum Gasteiger partial charge on any atom is -0.507 e. The highest BCUT2D eigenvalue weighted by Gasteiger charge is 2.20. The van der Waals surface area contributed by atoms with E-state index in [2.05, 4.69) is 29.6 Å². The zero-order valence-corrected chi connectivity index (χ0v) is 12.3. The first-order chi connectivity index (χ1) is 10.7. The van der Waals surface area contributed by atoms with Crippen molar-refractivity contribution in [2.45, 2.75) is 0 Å². The van der Waals surface area contributed by atoms with Crippen molar-refractivity contribution in [2.24, 2.45) is 0 Å². The molecule has 4 heteroatoms. The van der Waals surface area contributed by atoms with Gasteiger partial charge in [0.25, 0.3) is 0 Å². The zero-order valence-electron chi connectivity index (χ0n) is 12.3. The van der Waals surface area contributed by atoms with E-state index in [4.69, 9.17) is 0 Å². The molecule has 112 valence electrons. The summed E-state index contributed by atoms with van der Waals surface area (Å²) in [5.74, 6) is 0.601. The largest absolute Gasteiger partial charge is 0.507 e. The Hall–Kier alpha value is -2.88. The number of benzene rings is 2. The van der Waals surface area contributed by atoms with Crippen molar-refractivity contribution in [1.82, 2.24) is 5.32 Å². The summed E-state index contributed by atoms with van der Waals surface area (Å²) in [7, 11) is 1.79. The molecule has 0 saturated heterocycles. The summed E-state index contributed by atoms with van der Waals surface area (Å²) in [6, 6.07) is 18.2. The Morgan fingerprint density at radius 1 is 0.955 bits per heavy atom. The third-order valence-electron chi connectivity index (χ3n) is 3.69. The molecule has 0 unspecified atom stereocenters. The van der Waals surface area contributed by atoms with Crippen LogP contribution in [0.15, 0.2) is 78.0 Å². The van der Waals surface area contributed by atoms with E-state index in [1.165, 1.54) is 6.08 Å². The van der Waals surface area contributed by atoms with Gasteiger partial charge >= 0.3 is 0 Å². The number of hydrogen-bond donors (Lipinski definition) is 3. The molecular formula is C18H18N2O2. The van der Waals surface area contributed by atoms with Gasteiger partial charge in [0.05, 0.1) is 6.54 Å². The lowest BCUT2D eigenvalue weighted by atomic mass is 10.0. The van der Waals surface area contributed by atoms with E-state index in [1.807, 2.05) is 35.2 Å². The van der Waals surface area contributed by atoms with Crippen molar-refractivity contribution >= 4 is 5.69 Å². The first kappa shape index (κ1) is 14.1. The summed E-state index contributed by atoms with van der Waals surface area (Å²) in [5.41, 5.74) is 3.19. The second-order valence-electron chi connectivity index (χ2n) is 5.11. The predicted molar refractivity (Wildman–Crippen MR) is 88.7 cm³/mol. The van der Waals surface area contributed by atoms with Gasteiger partial charge in [-0.25, -0.2) is 0 Å². The molecule has 0 aromatic heterocycles. The maximum Gasteiger partial charge on any atom is 0.158 e. The van der Waals surface area contributed by atoms with Crippen molar-refractivity contribution in [3.8, 4) is 11.1 Å². The summed E-state index contributed by atoms with van der Waals surface area (Å²) < 4.78 is 0. The molecule has 2 aromatic rings. The standard InChI is InChI=1S/C18H18N2O2/c1-19-18-11-16(21)17(22)12-20(18)15-9-5-8-14(10-15)13-6-3-2-4-7-13/h2-11,19,21-22H,12H2,1H3. The first-order valence-corrected chi connectivity index (χ1v) is 7.12. The van der Waals surface area contributed by atoms with Gasteiger partial charge in [-0.15, -0.1) is 0 Å². The van der Waals surface area contributed by atoms with Crippen LogP contribution in [0.5, 0.6) is 0 Å². The first-order valence-electron chi connectivity index (χ1n) is 7.12. The van der Waals surface area contributed by atoms with Gasteiger partial charge in [-0.3, -0.25) is 0 Å². The second kappa shape index (κ2) is 5.85. The second-order valence-corrected chi connectivity index (χ2v) is 5.11. The van der Waals surface area contributed by atoms with Gasteiger partial charge in [-0.1, -0.05) is 42.5 Å². The molecule has 0 fully saturated rings. The number of aliphatic hydroxyl groups excluding tert-OH is 2. The van der Waals surface area contributed by atoms with Crippen LogP contribution in [-0.2, 0) is 0 Å². The highest BCUT2D eigenvalue weighted by atomic mass is 16.3. The number of allylic oxidation sites excluding steroid dienone is 1. The molecule has 0 aliphatic carbocycles. The summed E-state index contributed by atoms with van der Waals surface area (Å²) in [5, 5.41) is 22.5. The van der Waals surface area contributed by atoms with Crippen LogP contribution in [0.4, 0.5) is 5.69 Å². The van der Waals surface area contributed by atoms with Gasteiger partial charge in [0.15, 0.2) is 11.5 Å². The maximum absolute atomic E-state index is 9.82. The van der Waals surface area contributed by atoms with Crippen LogP contribution >= 0.6 is 0 Å².